The highest BCUT2D eigenvalue weighted by molar-refractivity contribution is 9.08. The number of aromatic nitrogens is 1. The normalized spacial score (nSPS) is 10.7. The molecule has 0 spiro atoms. The van der Waals surface area contributed by atoms with E-state index in [1.807, 2.05) is 0 Å². The van der Waals surface area contributed by atoms with Crippen molar-refractivity contribution in [2.24, 2.45) is 0 Å². The maximum atomic E-state index is 12.5. The smallest absolute Gasteiger partial charge is 0.265 e. The number of ether oxygens (including phenoxy) is 1. The summed E-state index contributed by atoms with van der Waals surface area (Å²) in [5.41, 5.74) is 0.140. The molecule has 0 unspecified atom stereocenters. The standard InChI is InChI=1S/C8H7BrClF2NO/c1-14-8-6(10)4(2-9)5(3-13-8)7(11)12/h3,7H,2H2,1H3. The summed E-state index contributed by atoms with van der Waals surface area (Å²) in [4.78, 5) is 3.67. The monoisotopic (exact) mass is 285 g/mol. The van der Waals surface area contributed by atoms with Crippen LogP contribution in [0.1, 0.15) is 17.6 Å². The molecule has 0 atom stereocenters. The third-order valence-corrected chi connectivity index (χ3v) is 2.63. The Balaban J connectivity index is 3.28. The molecule has 0 N–H and O–H groups in total. The van der Waals surface area contributed by atoms with E-state index < -0.39 is 6.43 Å². The highest BCUT2D eigenvalue weighted by Gasteiger charge is 2.18. The van der Waals surface area contributed by atoms with Gasteiger partial charge < -0.3 is 4.74 Å². The predicted octanol–water partition coefficient (Wildman–Crippen LogP) is 3.58. The van der Waals surface area contributed by atoms with Gasteiger partial charge in [-0.2, -0.15) is 0 Å². The van der Waals surface area contributed by atoms with Gasteiger partial charge in [0.25, 0.3) is 6.43 Å². The third kappa shape index (κ3) is 2.15. The van der Waals surface area contributed by atoms with Gasteiger partial charge in [0.1, 0.15) is 5.02 Å². The molecular weight excluding hydrogens is 279 g/mol. The highest BCUT2D eigenvalue weighted by Crippen LogP contribution is 2.34. The summed E-state index contributed by atoms with van der Waals surface area (Å²) in [6.45, 7) is 0. The summed E-state index contributed by atoms with van der Waals surface area (Å²) in [6.07, 6.45) is -1.51. The Bertz CT molecular complexity index is 335. The molecule has 1 rings (SSSR count). The molecule has 0 bridgehead atoms. The molecule has 14 heavy (non-hydrogen) atoms. The van der Waals surface area contributed by atoms with Gasteiger partial charge in [-0.05, 0) is 5.56 Å². The van der Waals surface area contributed by atoms with Crippen LogP contribution in [-0.4, -0.2) is 12.1 Å². The zero-order chi connectivity index (χ0) is 10.7. The van der Waals surface area contributed by atoms with Crippen LogP contribution in [0.2, 0.25) is 5.02 Å². The number of rotatable bonds is 3. The van der Waals surface area contributed by atoms with E-state index in [9.17, 15) is 8.78 Å². The van der Waals surface area contributed by atoms with E-state index in [-0.39, 0.29) is 21.8 Å². The molecule has 1 heterocycles. The van der Waals surface area contributed by atoms with Crippen molar-refractivity contribution in [2.75, 3.05) is 7.11 Å². The Morgan fingerprint density at radius 3 is 2.71 bits per heavy atom. The molecule has 0 aliphatic rings. The highest BCUT2D eigenvalue weighted by atomic mass is 79.9. The van der Waals surface area contributed by atoms with Crippen molar-refractivity contribution in [1.29, 1.82) is 0 Å². The quantitative estimate of drug-likeness (QED) is 0.792. The van der Waals surface area contributed by atoms with Crippen molar-refractivity contribution >= 4 is 27.5 Å². The summed E-state index contributed by atoms with van der Waals surface area (Å²) in [5, 5.41) is 0.367. The van der Waals surface area contributed by atoms with E-state index in [1.165, 1.54) is 7.11 Å². The van der Waals surface area contributed by atoms with Gasteiger partial charge in [-0.3, -0.25) is 0 Å². The second kappa shape index (κ2) is 4.89. The van der Waals surface area contributed by atoms with E-state index in [4.69, 9.17) is 16.3 Å². The molecular formula is C8H7BrClF2NO. The lowest BCUT2D eigenvalue weighted by Gasteiger charge is -2.10. The fourth-order valence-corrected chi connectivity index (χ4v) is 2.05. The van der Waals surface area contributed by atoms with E-state index in [0.717, 1.165) is 6.20 Å². The Morgan fingerprint density at radius 1 is 1.64 bits per heavy atom. The summed E-state index contributed by atoms with van der Waals surface area (Å²) < 4.78 is 29.8. The first-order chi connectivity index (χ1) is 6.61. The lowest BCUT2D eigenvalue weighted by atomic mass is 10.1. The number of pyridine rings is 1. The number of halogens is 4. The molecule has 0 amide bonds. The lowest BCUT2D eigenvalue weighted by Crippen LogP contribution is -1.98. The zero-order valence-corrected chi connectivity index (χ0v) is 9.57. The maximum absolute atomic E-state index is 12.5. The van der Waals surface area contributed by atoms with Crippen LogP contribution in [0.5, 0.6) is 5.88 Å². The van der Waals surface area contributed by atoms with Gasteiger partial charge in [0.15, 0.2) is 0 Å². The van der Waals surface area contributed by atoms with E-state index in [1.54, 1.807) is 0 Å². The fraction of sp³-hybridized carbons (Fsp3) is 0.375. The van der Waals surface area contributed by atoms with Gasteiger partial charge in [-0.1, -0.05) is 27.5 Å². The Morgan fingerprint density at radius 2 is 2.29 bits per heavy atom. The number of hydrogen-bond donors (Lipinski definition) is 0. The van der Waals surface area contributed by atoms with Crippen LogP contribution in [-0.2, 0) is 5.33 Å². The summed E-state index contributed by atoms with van der Waals surface area (Å²) in [7, 11) is 1.38. The van der Waals surface area contributed by atoms with Crippen LogP contribution in [0, 0.1) is 0 Å². The summed E-state index contributed by atoms with van der Waals surface area (Å²) in [5.74, 6) is 0.158. The molecule has 0 saturated carbocycles. The molecule has 0 fully saturated rings. The molecule has 1 aromatic heterocycles. The first-order valence-corrected chi connectivity index (χ1v) is 5.17. The average molecular weight is 287 g/mol. The largest absolute Gasteiger partial charge is 0.480 e. The van der Waals surface area contributed by atoms with Crippen LogP contribution in [0.15, 0.2) is 6.20 Å². The van der Waals surface area contributed by atoms with E-state index in [0.29, 0.717) is 5.56 Å². The first-order valence-electron chi connectivity index (χ1n) is 3.67. The average Bonchev–Trinajstić information content (AvgIpc) is 2.17. The van der Waals surface area contributed by atoms with Crippen LogP contribution in [0.3, 0.4) is 0 Å². The predicted molar refractivity (Wildman–Crippen MR) is 53.4 cm³/mol. The Hall–Kier alpha value is -0.420. The van der Waals surface area contributed by atoms with Crippen LogP contribution >= 0.6 is 27.5 Å². The first kappa shape index (κ1) is 11.7. The minimum absolute atomic E-state index is 0.127. The SMILES string of the molecule is COc1ncc(C(F)F)c(CBr)c1Cl. The van der Waals surface area contributed by atoms with Crippen molar-refractivity contribution in [3.8, 4) is 5.88 Å². The summed E-state index contributed by atoms with van der Waals surface area (Å²) >= 11 is 8.90. The van der Waals surface area contributed by atoms with E-state index >= 15 is 0 Å². The molecule has 2 nitrogen and oxygen atoms in total. The molecule has 0 saturated heterocycles. The number of hydrogen-bond acceptors (Lipinski definition) is 2. The van der Waals surface area contributed by atoms with Gasteiger partial charge in [0.2, 0.25) is 5.88 Å². The molecule has 1 aromatic rings. The van der Waals surface area contributed by atoms with Gasteiger partial charge in [-0.25, -0.2) is 13.8 Å². The van der Waals surface area contributed by atoms with E-state index in [2.05, 4.69) is 20.9 Å². The molecule has 78 valence electrons. The topological polar surface area (TPSA) is 22.1 Å². The van der Waals surface area contributed by atoms with Crippen LogP contribution in [0.4, 0.5) is 8.78 Å². The lowest BCUT2D eigenvalue weighted by molar-refractivity contribution is 0.150. The van der Waals surface area contributed by atoms with Crippen LogP contribution in [0.25, 0.3) is 0 Å². The molecule has 0 aliphatic carbocycles. The van der Waals surface area contributed by atoms with Crippen LogP contribution < -0.4 is 4.74 Å². The fourth-order valence-electron chi connectivity index (χ4n) is 0.985. The Kier molecular flexibility index (Phi) is 4.07. The van der Waals surface area contributed by atoms with Gasteiger partial charge >= 0.3 is 0 Å². The molecule has 0 radical (unpaired) electrons. The second-order valence-corrected chi connectivity index (χ2v) is 3.39. The third-order valence-electron chi connectivity index (χ3n) is 1.68. The maximum Gasteiger partial charge on any atom is 0.265 e. The van der Waals surface area contributed by atoms with Crippen molar-refractivity contribution in [1.82, 2.24) is 4.98 Å². The molecule has 0 aromatic carbocycles. The number of methoxy groups -OCH3 is 1. The number of alkyl halides is 3. The van der Waals surface area contributed by atoms with Gasteiger partial charge in [0.05, 0.1) is 7.11 Å². The van der Waals surface area contributed by atoms with Crippen molar-refractivity contribution in [3.05, 3.63) is 22.3 Å². The summed E-state index contributed by atoms with van der Waals surface area (Å²) in [6, 6.07) is 0. The minimum Gasteiger partial charge on any atom is -0.480 e. The number of nitrogens with zero attached hydrogens (tertiary/aromatic N) is 1. The van der Waals surface area contributed by atoms with Crippen molar-refractivity contribution in [2.45, 2.75) is 11.8 Å². The van der Waals surface area contributed by atoms with Gasteiger partial charge in [0, 0.05) is 17.1 Å². The Labute approximate surface area is 93.4 Å². The van der Waals surface area contributed by atoms with Gasteiger partial charge in [-0.15, -0.1) is 0 Å². The molecule has 0 aliphatic heterocycles. The molecule has 6 heteroatoms. The second-order valence-electron chi connectivity index (χ2n) is 2.45. The zero-order valence-electron chi connectivity index (χ0n) is 7.23. The van der Waals surface area contributed by atoms with Crippen molar-refractivity contribution in [3.63, 3.8) is 0 Å². The minimum atomic E-state index is -2.58. The van der Waals surface area contributed by atoms with Crippen molar-refractivity contribution < 1.29 is 13.5 Å².